The molecule has 4 nitrogen and oxygen atoms in total. The summed E-state index contributed by atoms with van der Waals surface area (Å²) >= 11 is 0. The van der Waals surface area contributed by atoms with E-state index >= 15 is 0 Å². The van der Waals surface area contributed by atoms with Gasteiger partial charge in [0.2, 0.25) is 0 Å². The van der Waals surface area contributed by atoms with E-state index in [0.29, 0.717) is 5.92 Å². The van der Waals surface area contributed by atoms with Crippen molar-refractivity contribution in [3.63, 3.8) is 0 Å². The summed E-state index contributed by atoms with van der Waals surface area (Å²) in [5, 5.41) is 21.4. The molecule has 0 bridgehead atoms. The highest BCUT2D eigenvalue weighted by molar-refractivity contribution is 5.96. The minimum absolute atomic E-state index is 0.0553. The van der Waals surface area contributed by atoms with Crippen LogP contribution in [0.5, 0.6) is 5.75 Å². The summed E-state index contributed by atoms with van der Waals surface area (Å²) in [5.74, 6) is -0.976. The second-order valence-electron chi connectivity index (χ2n) is 5.04. The number of aromatic hydroxyl groups is 1. The highest BCUT2D eigenvalue weighted by atomic mass is 19.1. The van der Waals surface area contributed by atoms with Crippen LogP contribution in [0.15, 0.2) is 18.2 Å². The van der Waals surface area contributed by atoms with Gasteiger partial charge >= 0.3 is 0 Å². The fourth-order valence-electron chi connectivity index (χ4n) is 2.45. The molecule has 1 aliphatic carbocycles. The molecule has 0 atom stereocenters. The number of hydrogen-bond donors (Lipinski definition) is 3. The zero-order chi connectivity index (χ0) is 13.8. The molecular formula is C14H18FNO3. The third kappa shape index (κ3) is 3.44. The van der Waals surface area contributed by atoms with Crippen molar-refractivity contribution in [3.8, 4) is 5.75 Å². The summed E-state index contributed by atoms with van der Waals surface area (Å²) in [6.07, 6.45) is 3.41. The molecule has 0 aromatic heterocycles. The van der Waals surface area contributed by atoms with E-state index < -0.39 is 5.82 Å². The molecule has 1 fully saturated rings. The van der Waals surface area contributed by atoms with Crippen molar-refractivity contribution in [3.05, 3.63) is 29.6 Å². The van der Waals surface area contributed by atoms with Crippen molar-refractivity contribution in [2.75, 3.05) is 6.61 Å². The molecule has 1 aromatic rings. The minimum atomic E-state index is -0.572. The summed E-state index contributed by atoms with van der Waals surface area (Å²) in [7, 11) is 0. The standard InChI is InChI=1S/C14H18FNO3/c15-10-3-6-12(13(18)7-10)14(19)16-11-4-1-9(8-17)2-5-11/h3,6-7,9,11,17-18H,1-2,4-5,8H2,(H,16,19). The van der Waals surface area contributed by atoms with Gasteiger partial charge in [-0.2, -0.15) is 0 Å². The first-order valence-electron chi connectivity index (χ1n) is 6.50. The van der Waals surface area contributed by atoms with Gasteiger partial charge in [-0.05, 0) is 43.7 Å². The van der Waals surface area contributed by atoms with E-state index in [2.05, 4.69) is 5.32 Å². The van der Waals surface area contributed by atoms with Crippen LogP contribution in [0, 0.1) is 11.7 Å². The number of carbonyl (C=O) groups is 1. The lowest BCUT2D eigenvalue weighted by Gasteiger charge is -2.28. The monoisotopic (exact) mass is 267 g/mol. The molecule has 5 heteroatoms. The second kappa shape index (κ2) is 6.02. The number of phenolic OH excluding ortho intramolecular Hbond substituents is 1. The van der Waals surface area contributed by atoms with E-state index in [4.69, 9.17) is 5.11 Å². The Morgan fingerprint density at radius 1 is 1.32 bits per heavy atom. The highest BCUT2D eigenvalue weighted by Gasteiger charge is 2.23. The molecule has 3 N–H and O–H groups in total. The van der Waals surface area contributed by atoms with Crippen molar-refractivity contribution in [1.29, 1.82) is 0 Å². The van der Waals surface area contributed by atoms with Gasteiger partial charge in [-0.3, -0.25) is 4.79 Å². The predicted molar refractivity (Wildman–Crippen MR) is 68.4 cm³/mol. The van der Waals surface area contributed by atoms with Crippen molar-refractivity contribution in [1.82, 2.24) is 5.32 Å². The van der Waals surface area contributed by atoms with Gasteiger partial charge in [0.1, 0.15) is 11.6 Å². The third-order valence-electron chi connectivity index (χ3n) is 3.64. The van der Waals surface area contributed by atoms with Gasteiger partial charge in [0, 0.05) is 18.7 Å². The average Bonchev–Trinajstić information content (AvgIpc) is 2.39. The molecular weight excluding hydrogens is 249 g/mol. The van der Waals surface area contributed by atoms with Gasteiger partial charge < -0.3 is 15.5 Å². The predicted octanol–water partition coefficient (Wildman–Crippen LogP) is 1.81. The van der Waals surface area contributed by atoms with Gasteiger partial charge in [-0.15, -0.1) is 0 Å². The maximum absolute atomic E-state index is 12.8. The first-order valence-corrected chi connectivity index (χ1v) is 6.50. The Morgan fingerprint density at radius 3 is 2.58 bits per heavy atom. The van der Waals surface area contributed by atoms with E-state index in [1.165, 1.54) is 6.07 Å². The van der Waals surface area contributed by atoms with E-state index in [1.54, 1.807) is 0 Å². The number of halogens is 1. The highest BCUT2D eigenvalue weighted by Crippen LogP contribution is 2.24. The van der Waals surface area contributed by atoms with Crippen molar-refractivity contribution in [2.24, 2.45) is 5.92 Å². The fraction of sp³-hybridized carbons (Fsp3) is 0.500. The molecule has 19 heavy (non-hydrogen) atoms. The first kappa shape index (κ1) is 13.8. The van der Waals surface area contributed by atoms with Gasteiger partial charge in [0.15, 0.2) is 0 Å². The van der Waals surface area contributed by atoms with E-state index in [0.717, 1.165) is 37.8 Å². The van der Waals surface area contributed by atoms with Crippen LogP contribution in [-0.4, -0.2) is 28.8 Å². The quantitative estimate of drug-likeness (QED) is 0.782. The number of amides is 1. The smallest absolute Gasteiger partial charge is 0.255 e. The second-order valence-corrected chi connectivity index (χ2v) is 5.04. The molecule has 1 saturated carbocycles. The van der Waals surface area contributed by atoms with E-state index in [9.17, 15) is 14.3 Å². The van der Waals surface area contributed by atoms with E-state index in [1.807, 2.05) is 0 Å². The Morgan fingerprint density at radius 2 is 2.00 bits per heavy atom. The molecule has 0 spiro atoms. The molecule has 0 heterocycles. The largest absolute Gasteiger partial charge is 0.507 e. The van der Waals surface area contributed by atoms with Gasteiger partial charge in [-0.1, -0.05) is 0 Å². The van der Waals surface area contributed by atoms with Gasteiger partial charge in [0.25, 0.3) is 5.91 Å². The zero-order valence-electron chi connectivity index (χ0n) is 10.6. The first-order chi connectivity index (χ1) is 9.10. The summed E-state index contributed by atoms with van der Waals surface area (Å²) < 4.78 is 12.8. The zero-order valence-corrected chi connectivity index (χ0v) is 10.6. The molecule has 0 unspecified atom stereocenters. The Labute approximate surface area is 111 Å². The van der Waals surface area contributed by atoms with Crippen LogP contribution < -0.4 is 5.32 Å². The number of carbonyl (C=O) groups excluding carboxylic acids is 1. The number of aliphatic hydroxyl groups excluding tert-OH is 1. The number of rotatable bonds is 3. The lowest BCUT2D eigenvalue weighted by atomic mass is 9.86. The number of aliphatic hydroxyl groups is 1. The van der Waals surface area contributed by atoms with Crippen molar-refractivity contribution >= 4 is 5.91 Å². The summed E-state index contributed by atoms with van der Waals surface area (Å²) in [5.41, 5.74) is 0.0886. The van der Waals surface area contributed by atoms with Gasteiger partial charge in [-0.25, -0.2) is 4.39 Å². The molecule has 0 saturated heterocycles. The van der Waals surface area contributed by atoms with Crippen LogP contribution in [0.1, 0.15) is 36.0 Å². The van der Waals surface area contributed by atoms with Crippen molar-refractivity contribution < 1.29 is 19.4 Å². The molecule has 1 aromatic carbocycles. The summed E-state index contributed by atoms with van der Waals surface area (Å²) in [6, 6.07) is 3.41. The SMILES string of the molecule is O=C(NC1CCC(CO)CC1)c1ccc(F)cc1O. The molecule has 2 rings (SSSR count). The van der Waals surface area contributed by atoms with Gasteiger partial charge in [0.05, 0.1) is 5.56 Å². The fourth-order valence-corrected chi connectivity index (χ4v) is 2.45. The topological polar surface area (TPSA) is 69.6 Å². The maximum atomic E-state index is 12.8. The summed E-state index contributed by atoms with van der Waals surface area (Å²) in [6.45, 7) is 0.194. The number of nitrogens with one attached hydrogen (secondary N) is 1. The maximum Gasteiger partial charge on any atom is 0.255 e. The van der Waals surface area contributed by atoms with Crippen LogP contribution in [0.3, 0.4) is 0 Å². The Bertz CT molecular complexity index is 456. The Kier molecular flexibility index (Phi) is 4.37. The van der Waals surface area contributed by atoms with Crippen molar-refractivity contribution in [2.45, 2.75) is 31.7 Å². The van der Waals surface area contributed by atoms with Crippen LogP contribution in [-0.2, 0) is 0 Å². The Hall–Kier alpha value is -1.62. The average molecular weight is 267 g/mol. The van der Waals surface area contributed by atoms with Crippen LogP contribution in [0.25, 0.3) is 0 Å². The normalized spacial score (nSPS) is 23.1. The lowest BCUT2D eigenvalue weighted by molar-refractivity contribution is 0.0911. The number of phenols is 1. The molecule has 1 amide bonds. The van der Waals surface area contributed by atoms with E-state index in [-0.39, 0.29) is 29.9 Å². The number of hydrogen-bond acceptors (Lipinski definition) is 3. The number of benzene rings is 1. The Balaban J connectivity index is 1.94. The molecule has 0 aliphatic heterocycles. The molecule has 104 valence electrons. The lowest BCUT2D eigenvalue weighted by Crippen LogP contribution is -2.38. The molecule has 0 radical (unpaired) electrons. The van der Waals surface area contributed by atoms with Crippen LogP contribution in [0.2, 0.25) is 0 Å². The minimum Gasteiger partial charge on any atom is -0.507 e. The molecule has 1 aliphatic rings. The third-order valence-corrected chi connectivity index (χ3v) is 3.64. The summed E-state index contributed by atoms with van der Waals surface area (Å²) in [4.78, 5) is 12.0. The van der Waals surface area contributed by atoms with Crippen LogP contribution in [0.4, 0.5) is 4.39 Å². The van der Waals surface area contributed by atoms with Crippen LogP contribution >= 0.6 is 0 Å².